The summed E-state index contributed by atoms with van der Waals surface area (Å²) in [5.41, 5.74) is 1.82. The van der Waals surface area contributed by atoms with Crippen molar-refractivity contribution < 1.29 is 4.42 Å². The largest absolute Gasteiger partial charge is 0.444 e. The molecule has 2 rings (SSSR count). The second-order valence-corrected chi connectivity index (χ2v) is 5.61. The van der Waals surface area contributed by atoms with Crippen molar-refractivity contribution in [3.8, 4) is 11.5 Å². The van der Waals surface area contributed by atoms with Gasteiger partial charge in [-0.05, 0) is 25.0 Å². The first-order valence-electron chi connectivity index (χ1n) is 7.57. The molecule has 0 aliphatic rings. The predicted molar refractivity (Wildman–Crippen MR) is 105 cm³/mol. The maximum atomic E-state index is 5.52. The molecule has 23 heavy (non-hydrogen) atoms. The molecule has 5 nitrogen and oxygen atoms in total. The molecule has 1 heterocycles. The molecule has 1 aromatic heterocycles. The van der Waals surface area contributed by atoms with Crippen molar-refractivity contribution in [2.75, 3.05) is 7.05 Å². The van der Waals surface area contributed by atoms with Gasteiger partial charge in [-0.1, -0.05) is 32.0 Å². The lowest BCUT2D eigenvalue weighted by molar-refractivity contribution is 0.480. The standard InChI is InChI=1S/C17H24N4O.HI/c1-12(2)13(3)20-17(18-4)19-10-15-11-22-16(21-15)14-8-6-5-7-9-14;/h5-9,11-13H,10H2,1-4H3,(H2,18,19,20);1H. The number of guanidine groups is 1. The van der Waals surface area contributed by atoms with Gasteiger partial charge in [0.1, 0.15) is 6.26 Å². The Labute approximate surface area is 155 Å². The average Bonchev–Trinajstić information content (AvgIpc) is 3.00. The first kappa shape index (κ1) is 19.5. The highest BCUT2D eigenvalue weighted by molar-refractivity contribution is 14.0. The quantitative estimate of drug-likeness (QED) is 0.434. The Hall–Kier alpha value is -1.57. The van der Waals surface area contributed by atoms with Crippen LogP contribution < -0.4 is 10.6 Å². The Morgan fingerprint density at radius 3 is 2.52 bits per heavy atom. The van der Waals surface area contributed by atoms with E-state index in [1.54, 1.807) is 13.3 Å². The fourth-order valence-electron chi connectivity index (χ4n) is 1.85. The molecule has 0 amide bonds. The highest BCUT2D eigenvalue weighted by Gasteiger charge is 2.10. The maximum Gasteiger partial charge on any atom is 0.226 e. The zero-order valence-electron chi connectivity index (χ0n) is 14.0. The molecule has 0 saturated carbocycles. The second-order valence-electron chi connectivity index (χ2n) is 5.61. The van der Waals surface area contributed by atoms with Gasteiger partial charge in [0.05, 0.1) is 12.2 Å². The van der Waals surface area contributed by atoms with Crippen molar-refractivity contribution in [1.82, 2.24) is 15.6 Å². The minimum absolute atomic E-state index is 0. The third-order valence-corrected chi connectivity index (χ3v) is 3.60. The maximum absolute atomic E-state index is 5.52. The van der Waals surface area contributed by atoms with Crippen molar-refractivity contribution in [2.24, 2.45) is 10.9 Å². The van der Waals surface area contributed by atoms with Gasteiger partial charge in [-0.25, -0.2) is 4.98 Å². The summed E-state index contributed by atoms with van der Waals surface area (Å²) >= 11 is 0. The van der Waals surface area contributed by atoms with E-state index < -0.39 is 0 Å². The summed E-state index contributed by atoms with van der Waals surface area (Å²) in [5, 5.41) is 6.61. The summed E-state index contributed by atoms with van der Waals surface area (Å²) in [6.07, 6.45) is 1.68. The van der Waals surface area contributed by atoms with Crippen molar-refractivity contribution in [1.29, 1.82) is 0 Å². The van der Waals surface area contributed by atoms with Gasteiger partial charge < -0.3 is 15.1 Å². The molecule has 6 heteroatoms. The topological polar surface area (TPSA) is 62.5 Å². The molecule has 1 atom stereocenters. The van der Waals surface area contributed by atoms with Crippen LogP contribution in [0.15, 0.2) is 46.0 Å². The van der Waals surface area contributed by atoms with Crippen LogP contribution in [0, 0.1) is 5.92 Å². The van der Waals surface area contributed by atoms with Gasteiger partial charge in [0, 0.05) is 18.7 Å². The van der Waals surface area contributed by atoms with E-state index in [-0.39, 0.29) is 24.0 Å². The number of aromatic nitrogens is 1. The lowest BCUT2D eigenvalue weighted by Gasteiger charge is -2.20. The molecule has 0 spiro atoms. The molecular formula is C17H25IN4O. The molecular weight excluding hydrogens is 403 g/mol. The molecule has 0 bridgehead atoms. The first-order valence-corrected chi connectivity index (χ1v) is 7.57. The van der Waals surface area contributed by atoms with Crippen LogP contribution in [0.25, 0.3) is 11.5 Å². The average molecular weight is 428 g/mol. The summed E-state index contributed by atoms with van der Waals surface area (Å²) in [6, 6.07) is 10.2. The summed E-state index contributed by atoms with van der Waals surface area (Å²) in [7, 11) is 1.76. The van der Waals surface area contributed by atoms with Crippen LogP contribution in [0.3, 0.4) is 0 Å². The van der Waals surface area contributed by atoms with Crippen LogP contribution >= 0.6 is 24.0 Å². The number of nitrogens with one attached hydrogen (secondary N) is 2. The van der Waals surface area contributed by atoms with E-state index in [0.717, 1.165) is 17.2 Å². The Morgan fingerprint density at radius 1 is 1.22 bits per heavy atom. The molecule has 1 unspecified atom stereocenters. The highest BCUT2D eigenvalue weighted by atomic mass is 127. The lowest BCUT2D eigenvalue weighted by atomic mass is 10.1. The zero-order chi connectivity index (χ0) is 15.9. The Balaban J connectivity index is 0.00000264. The Kier molecular flexibility index (Phi) is 8.08. The van der Waals surface area contributed by atoms with Crippen LogP contribution in [0.4, 0.5) is 0 Å². The van der Waals surface area contributed by atoms with E-state index in [4.69, 9.17) is 4.42 Å². The van der Waals surface area contributed by atoms with E-state index in [1.165, 1.54) is 0 Å². The van der Waals surface area contributed by atoms with Crippen molar-refractivity contribution >= 4 is 29.9 Å². The van der Waals surface area contributed by atoms with Crippen LogP contribution in [-0.4, -0.2) is 24.0 Å². The molecule has 2 N–H and O–H groups in total. The minimum atomic E-state index is 0. The second kappa shape index (κ2) is 9.54. The van der Waals surface area contributed by atoms with Gasteiger partial charge in [-0.3, -0.25) is 4.99 Å². The fraction of sp³-hybridized carbons (Fsp3) is 0.412. The van der Waals surface area contributed by atoms with Gasteiger partial charge in [0.2, 0.25) is 5.89 Å². The molecule has 0 saturated heterocycles. The summed E-state index contributed by atoms with van der Waals surface area (Å²) in [5.74, 6) is 1.94. The smallest absolute Gasteiger partial charge is 0.226 e. The van der Waals surface area contributed by atoms with Gasteiger partial charge in [-0.2, -0.15) is 0 Å². The van der Waals surface area contributed by atoms with E-state index >= 15 is 0 Å². The number of hydrogen-bond acceptors (Lipinski definition) is 3. The summed E-state index contributed by atoms with van der Waals surface area (Å²) in [6.45, 7) is 7.06. The number of hydrogen-bond donors (Lipinski definition) is 2. The third-order valence-electron chi connectivity index (χ3n) is 3.60. The number of aliphatic imine (C=N–C) groups is 1. The SMILES string of the molecule is CN=C(NCc1coc(-c2ccccc2)n1)NC(C)C(C)C.I. The van der Waals surface area contributed by atoms with Crippen LogP contribution in [0.1, 0.15) is 26.5 Å². The number of oxazole rings is 1. The summed E-state index contributed by atoms with van der Waals surface area (Å²) in [4.78, 5) is 8.72. The minimum Gasteiger partial charge on any atom is -0.444 e. The molecule has 0 fully saturated rings. The fourth-order valence-corrected chi connectivity index (χ4v) is 1.85. The molecule has 0 radical (unpaired) electrons. The Morgan fingerprint density at radius 2 is 1.91 bits per heavy atom. The molecule has 1 aromatic carbocycles. The number of nitrogens with zero attached hydrogens (tertiary/aromatic N) is 2. The van der Waals surface area contributed by atoms with Crippen molar-refractivity contribution in [2.45, 2.75) is 33.4 Å². The third kappa shape index (κ3) is 5.85. The van der Waals surface area contributed by atoms with E-state index in [2.05, 4.69) is 41.4 Å². The van der Waals surface area contributed by atoms with Gasteiger partial charge in [-0.15, -0.1) is 24.0 Å². The van der Waals surface area contributed by atoms with Crippen LogP contribution in [-0.2, 0) is 6.54 Å². The molecule has 2 aromatic rings. The molecule has 126 valence electrons. The van der Waals surface area contributed by atoms with Crippen molar-refractivity contribution in [3.63, 3.8) is 0 Å². The highest BCUT2D eigenvalue weighted by Crippen LogP contribution is 2.17. The lowest BCUT2D eigenvalue weighted by Crippen LogP contribution is -2.43. The molecule has 0 aliphatic heterocycles. The van der Waals surface area contributed by atoms with E-state index in [0.29, 0.717) is 24.4 Å². The normalized spacial score (nSPS) is 12.7. The summed E-state index contributed by atoms with van der Waals surface area (Å²) < 4.78 is 5.52. The van der Waals surface area contributed by atoms with Crippen LogP contribution in [0.5, 0.6) is 0 Å². The van der Waals surface area contributed by atoms with Crippen molar-refractivity contribution in [3.05, 3.63) is 42.3 Å². The number of rotatable bonds is 5. The zero-order valence-corrected chi connectivity index (χ0v) is 16.4. The monoisotopic (exact) mass is 428 g/mol. The van der Waals surface area contributed by atoms with E-state index in [9.17, 15) is 0 Å². The van der Waals surface area contributed by atoms with Gasteiger partial charge in [0.25, 0.3) is 0 Å². The number of halogens is 1. The molecule has 0 aliphatic carbocycles. The predicted octanol–water partition coefficient (Wildman–Crippen LogP) is 3.67. The first-order chi connectivity index (χ1) is 10.6. The van der Waals surface area contributed by atoms with Crippen LogP contribution in [0.2, 0.25) is 0 Å². The van der Waals surface area contributed by atoms with Gasteiger partial charge >= 0.3 is 0 Å². The Bertz CT molecular complexity index is 610. The van der Waals surface area contributed by atoms with Gasteiger partial charge in [0.15, 0.2) is 5.96 Å². The number of benzene rings is 1. The van der Waals surface area contributed by atoms with E-state index in [1.807, 2.05) is 30.3 Å².